The molecule has 3 nitrogen and oxygen atoms in total. The molecule has 1 N–H and O–H groups in total. The van der Waals surface area contributed by atoms with E-state index in [2.05, 4.69) is 55.3 Å². The standard InChI is InChI=1S/C19H30N2O/c1-19(2,3)16-11-9-15(10-12-16)13-21(4)14-18(22)20-17-7-5-6-8-17/h9-12,17H,5-8,13-14H2,1-4H3,(H,20,22). The molecular weight excluding hydrogens is 272 g/mol. The minimum absolute atomic E-state index is 0.153. The van der Waals surface area contributed by atoms with Crippen molar-refractivity contribution in [2.24, 2.45) is 0 Å². The molecule has 22 heavy (non-hydrogen) atoms. The number of amides is 1. The Bertz CT molecular complexity index is 481. The van der Waals surface area contributed by atoms with Gasteiger partial charge in [-0.1, -0.05) is 57.9 Å². The van der Waals surface area contributed by atoms with Gasteiger partial charge in [-0.3, -0.25) is 9.69 Å². The van der Waals surface area contributed by atoms with E-state index in [1.54, 1.807) is 0 Å². The second-order valence-electron chi connectivity index (χ2n) is 7.67. The van der Waals surface area contributed by atoms with Gasteiger partial charge in [0.15, 0.2) is 0 Å². The Labute approximate surface area is 135 Å². The molecule has 0 aliphatic heterocycles. The predicted molar refractivity (Wildman–Crippen MR) is 91.9 cm³/mol. The highest BCUT2D eigenvalue weighted by molar-refractivity contribution is 5.78. The second kappa shape index (κ2) is 7.28. The Morgan fingerprint density at radius 2 is 1.77 bits per heavy atom. The van der Waals surface area contributed by atoms with Gasteiger partial charge in [0.2, 0.25) is 5.91 Å². The summed E-state index contributed by atoms with van der Waals surface area (Å²) in [5, 5.41) is 3.14. The Kier molecular flexibility index (Phi) is 5.63. The quantitative estimate of drug-likeness (QED) is 0.903. The number of benzene rings is 1. The fraction of sp³-hybridized carbons (Fsp3) is 0.632. The molecule has 0 radical (unpaired) electrons. The van der Waals surface area contributed by atoms with Crippen LogP contribution in [0, 0.1) is 0 Å². The van der Waals surface area contributed by atoms with Crippen molar-refractivity contribution in [3.05, 3.63) is 35.4 Å². The highest BCUT2D eigenvalue weighted by atomic mass is 16.2. The summed E-state index contributed by atoms with van der Waals surface area (Å²) in [4.78, 5) is 14.1. The first kappa shape index (κ1) is 17.0. The molecule has 1 aliphatic rings. The van der Waals surface area contributed by atoms with E-state index >= 15 is 0 Å². The molecule has 1 aromatic carbocycles. The zero-order valence-corrected chi connectivity index (χ0v) is 14.5. The van der Waals surface area contributed by atoms with Crippen molar-refractivity contribution in [1.82, 2.24) is 10.2 Å². The average Bonchev–Trinajstić information content (AvgIpc) is 2.90. The SMILES string of the molecule is CN(CC(=O)NC1CCCC1)Cc1ccc(C(C)(C)C)cc1. The molecule has 1 saturated carbocycles. The molecule has 0 aromatic heterocycles. The van der Waals surface area contributed by atoms with E-state index in [4.69, 9.17) is 0 Å². The molecule has 1 amide bonds. The lowest BCUT2D eigenvalue weighted by molar-refractivity contribution is -0.122. The fourth-order valence-electron chi connectivity index (χ4n) is 3.07. The van der Waals surface area contributed by atoms with Crippen LogP contribution in [-0.4, -0.2) is 30.4 Å². The Balaban J connectivity index is 1.81. The molecule has 122 valence electrons. The van der Waals surface area contributed by atoms with Crippen LogP contribution in [0.3, 0.4) is 0 Å². The minimum atomic E-state index is 0.153. The Morgan fingerprint density at radius 3 is 2.32 bits per heavy atom. The van der Waals surface area contributed by atoms with E-state index in [0.717, 1.165) is 19.4 Å². The van der Waals surface area contributed by atoms with Crippen LogP contribution in [0.15, 0.2) is 24.3 Å². The number of hydrogen-bond acceptors (Lipinski definition) is 2. The average molecular weight is 302 g/mol. The summed E-state index contributed by atoms with van der Waals surface area (Å²) >= 11 is 0. The van der Waals surface area contributed by atoms with Gasteiger partial charge in [-0.05, 0) is 36.4 Å². The summed E-state index contributed by atoms with van der Waals surface area (Å²) in [5.74, 6) is 0.153. The van der Waals surface area contributed by atoms with Gasteiger partial charge in [-0.2, -0.15) is 0 Å². The van der Waals surface area contributed by atoms with E-state index in [-0.39, 0.29) is 11.3 Å². The zero-order chi connectivity index (χ0) is 16.2. The molecule has 0 atom stereocenters. The topological polar surface area (TPSA) is 32.3 Å². The van der Waals surface area contributed by atoms with Crippen molar-refractivity contribution in [2.75, 3.05) is 13.6 Å². The van der Waals surface area contributed by atoms with Crippen molar-refractivity contribution in [2.45, 2.75) is 64.5 Å². The molecule has 1 aliphatic carbocycles. The van der Waals surface area contributed by atoms with Crippen molar-refractivity contribution >= 4 is 5.91 Å². The molecule has 1 fully saturated rings. The third kappa shape index (κ3) is 5.13. The highest BCUT2D eigenvalue weighted by Gasteiger charge is 2.18. The smallest absolute Gasteiger partial charge is 0.234 e. The van der Waals surface area contributed by atoms with Crippen LogP contribution in [0.25, 0.3) is 0 Å². The predicted octanol–water partition coefficient (Wildman–Crippen LogP) is 3.47. The number of hydrogen-bond donors (Lipinski definition) is 1. The molecule has 0 bridgehead atoms. The molecule has 0 saturated heterocycles. The maximum absolute atomic E-state index is 12.0. The number of rotatable bonds is 5. The van der Waals surface area contributed by atoms with Crippen LogP contribution in [0.4, 0.5) is 0 Å². The minimum Gasteiger partial charge on any atom is -0.352 e. The van der Waals surface area contributed by atoms with Crippen LogP contribution < -0.4 is 5.32 Å². The summed E-state index contributed by atoms with van der Waals surface area (Å²) in [7, 11) is 2.01. The highest BCUT2D eigenvalue weighted by Crippen LogP contribution is 2.22. The molecule has 3 heteroatoms. The molecule has 0 spiro atoms. The van der Waals surface area contributed by atoms with E-state index in [1.807, 2.05) is 7.05 Å². The van der Waals surface area contributed by atoms with E-state index in [9.17, 15) is 4.79 Å². The number of carbonyl (C=O) groups is 1. The lowest BCUT2D eigenvalue weighted by Crippen LogP contribution is -2.39. The second-order valence-corrected chi connectivity index (χ2v) is 7.67. The monoisotopic (exact) mass is 302 g/mol. The number of likely N-dealkylation sites (N-methyl/N-ethyl adjacent to an activating group) is 1. The molecule has 1 aromatic rings. The lowest BCUT2D eigenvalue weighted by atomic mass is 9.87. The Morgan fingerprint density at radius 1 is 1.18 bits per heavy atom. The molecule has 0 heterocycles. The summed E-state index contributed by atoms with van der Waals surface area (Å²) in [6.07, 6.45) is 4.79. The van der Waals surface area contributed by atoms with E-state index in [0.29, 0.717) is 12.6 Å². The molecule has 2 rings (SSSR count). The largest absolute Gasteiger partial charge is 0.352 e. The fourth-order valence-corrected chi connectivity index (χ4v) is 3.07. The van der Waals surface area contributed by atoms with Gasteiger partial charge < -0.3 is 5.32 Å². The Hall–Kier alpha value is -1.35. The van der Waals surface area contributed by atoms with Crippen molar-refractivity contribution in [3.8, 4) is 0 Å². The van der Waals surface area contributed by atoms with Crippen LogP contribution in [-0.2, 0) is 16.8 Å². The van der Waals surface area contributed by atoms with E-state index in [1.165, 1.54) is 24.0 Å². The maximum Gasteiger partial charge on any atom is 0.234 e. The summed E-state index contributed by atoms with van der Waals surface area (Å²) < 4.78 is 0. The van der Waals surface area contributed by atoms with Gasteiger partial charge in [0.05, 0.1) is 6.54 Å². The lowest BCUT2D eigenvalue weighted by Gasteiger charge is -2.21. The van der Waals surface area contributed by atoms with Gasteiger partial charge >= 0.3 is 0 Å². The van der Waals surface area contributed by atoms with Gasteiger partial charge in [0.1, 0.15) is 0 Å². The normalized spacial score (nSPS) is 16.2. The number of nitrogens with one attached hydrogen (secondary N) is 1. The first-order valence-electron chi connectivity index (χ1n) is 8.42. The first-order chi connectivity index (χ1) is 10.3. The third-order valence-electron chi connectivity index (χ3n) is 4.41. The summed E-state index contributed by atoms with van der Waals surface area (Å²) in [6.45, 7) is 7.95. The van der Waals surface area contributed by atoms with Gasteiger partial charge in [0, 0.05) is 12.6 Å². The number of nitrogens with zero attached hydrogens (tertiary/aromatic N) is 1. The summed E-state index contributed by atoms with van der Waals surface area (Å²) in [6, 6.07) is 9.15. The van der Waals surface area contributed by atoms with Gasteiger partial charge in [-0.25, -0.2) is 0 Å². The van der Waals surface area contributed by atoms with Crippen LogP contribution in [0.1, 0.15) is 57.6 Å². The van der Waals surface area contributed by atoms with Crippen LogP contribution >= 0.6 is 0 Å². The van der Waals surface area contributed by atoms with Crippen molar-refractivity contribution < 1.29 is 4.79 Å². The number of carbonyl (C=O) groups excluding carboxylic acids is 1. The first-order valence-corrected chi connectivity index (χ1v) is 8.42. The molecular formula is C19H30N2O. The van der Waals surface area contributed by atoms with Crippen molar-refractivity contribution in [1.29, 1.82) is 0 Å². The van der Waals surface area contributed by atoms with Gasteiger partial charge in [0.25, 0.3) is 0 Å². The third-order valence-corrected chi connectivity index (χ3v) is 4.41. The molecule has 0 unspecified atom stereocenters. The summed E-state index contributed by atoms with van der Waals surface area (Å²) in [5.41, 5.74) is 2.79. The van der Waals surface area contributed by atoms with Crippen LogP contribution in [0.5, 0.6) is 0 Å². The van der Waals surface area contributed by atoms with Crippen LogP contribution in [0.2, 0.25) is 0 Å². The van der Waals surface area contributed by atoms with E-state index < -0.39 is 0 Å². The van der Waals surface area contributed by atoms with Crippen molar-refractivity contribution in [3.63, 3.8) is 0 Å². The van der Waals surface area contributed by atoms with Gasteiger partial charge in [-0.15, -0.1) is 0 Å². The maximum atomic E-state index is 12.0. The zero-order valence-electron chi connectivity index (χ0n) is 14.5.